The van der Waals surface area contributed by atoms with Crippen molar-refractivity contribution in [3.63, 3.8) is 0 Å². The van der Waals surface area contributed by atoms with Gasteiger partial charge in [-0.15, -0.1) is 22.7 Å². The van der Waals surface area contributed by atoms with Crippen LogP contribution in [0.15, 0.2) is 35.2 Å². The molecule has 3 aromatic heterocycles. The fraction of sp³-hybridized carbons (Fsp3) is 0.312. The van der Waals surface area contributed by atoms with E-state index in [0.29, 0.717) is 11.2 Å². The Hall–Kier alpha value is -1.14. The molecule has 0 aliphatic carbocycles. The summed E-state index contributed by atoms with van der Waals surface area (Å²) in [5.74, 6) is 1.02. The molecular formula is C16H16ClN3S2. The lowest BCUT2D eigenvalue weighted by atomic mass is 9.98. The van der Waals surface area contributed by atoms with Crippen LogP contribution >= 0.6 is 34.3 Å². The van der Waals surface area contributed by atoms with Crippen LogP contribution in [0, 0.1) is 0 Å². The Balaban J connectivity index is 1.71. The average Bonchev–Trinajstić information content (AvgIpc) is 3.25. The number of hydrogen-bond acceptors (Lipinski definition) is 4. The molecule has 4 rings (SSSR count). The van der Waals surface area contributed by atoms with Crippen LogP contribution in [0.2, 0.25) is 5.15 Å². The highest BCUT2D eigenvalue weighted by Crippen LogP contribution is 2.40. The number of halogens is 1. The van der Waals surface area contributed by atoms with Gasteiger partial charge in [0, 0.05) is 23.3 Å². The lowest BCUT2D eigenvalue weighted by Gasteiger charge is -2.35. The maximum atomic E-state index is 6.13. The quantitative estimate of drug-likeness (QED) is 0.701. The van der Waals surface area contributed by atoms with Gasteiger partial charge in [-0.25, -0.2) is 4.98 Å². The van der Waals surface area contributed by atoms with Gasteiger partial charge in [0.15, 0.2) is 0 Å². The van der Waals surface area contributed by atoms with Gasteiger partial charge in [0.25, 0.3) is 0 Å². The van der Waals surface area contributed by atoms with Crippen molar-refractivity contribution < 1.29 is 0 Å². The van der Waals surface area contributed by atoms with E-state index in [-0.39, 0.29) is 0 Å². The minimum atomic E-state index is 0.338. The van der Waals surface area contributed by atoms with Gasteiger partial charge in [0.1, 0.15) is 11.0 Å². The molecule has 3 nitrogen and oxygen atoms in total. The zero-order chi connectivity index (χ0) is 15.1. The predicted octanol–water partition coefficient (Wildman–Crippen LogP) is 4.34. The summed E-state index contributed by atoms with van der Waals surface area (Å²) in [7, 11) is 1.98. The van der Waals surface area contributed by atoms with Crippen LogP contribution < -0.4 is 0 Å². The summed E-state index contributed by atoms with van der Waals surface area (Å²) >= 11 is 9.84. The maximum Gasteiger partial charge on any atom is 0.128 e. The molecule has 6 heteroatoms. The molecule has 0 radical (unpaired) electrons. The van der Waals surface area contributed by atoms with Crippen molar-refractivity contribution in [2.45, 2.75) is 19.0 Å². The highest BCUT2D eigenvalue weighted by Gasteiger charge is 2.31. The van der Waals surface area contributed by atoms with E-state index in [0.717, 1.165) is 25.3 Å². The number of thiophene rings is 2. The predicted molar refractivity (Wildman–Crippen MR) is 92.8 cm³/mol. The second-order valence-corrected chi connectivity index (χ2v) is 7.86. The summed E-state index contributed by atoms with van der Waals surface area (Å²) in [5, 5.41) is 5.06. The van der Waals surface area contributed by atoms with E-state index in [9.17, 15) is 0 Å². The summed E-state index contributed by atoms with van der Waals surface area (Å²) in [4.78, 5) is 9.90. The largest absolute Gasteiger partial charge is 0.321 e. The molecule has 0 aromatic carbocycles. The molecule has 1 unspecified atom stereocenters. The second kappa shape index (κ2) is 5.81. The SMILES string of the molecule is Cn1c(Cl)cnc1CN1CCc2sccc2C1c1cccs1. The van der Waals surface area contributed by atoms with Crippen LogP contribution in [-0.4, -0.2) is 21.0 Å². The van der Waals surface area contributed by atoms with Crippen LogP contribution in [0.5, 0.6) is 0 Å². The van der Waals surface area contributed by atoms with Crippen molar-refractivity contribution in [1.29, 1.82) is 0 Å². The Bertz CT molecular complexity index is 775. The molecule has 1 atom stereocenters. The number of imidazole rings is 1. The molecule has 1 aliphatic rings. The number of fused-ring (bicyclic) bond motifs is 1. The molecule has 0 fully saturated rings. The molecule has 0 saturated heterocycles. The van der Waals surface area contributed by atoms with Crippen LogP contribution in [0.1, 0.15) is 27.2 Å². The third-order valence-electron chi connectivity index (χ3n) is 4.25. The summed E-state index contributed by atoms with van der Waals surface area (Å²) in [6.45, 7) is 1.88. The van der Waals surface area contributed by atoms with Crippen molar-refractivity contribution in [1.82, 2.24) is 14.5 Å². The van der Waals surface area contributed by atoms with Gasteiger partial charge in [0.05, 0.1) is 18.8 Å². The van der Waals surface area contributed by atoms with Gasteiger partial charge >= 0.3 is 0 Å². The molecular weight excluding hydrogens is 334 g/mol. The van der Waals surface area contributed by atoms with Crippen molar-refractivity contribution >= 4 is 34.3 Å². The minimum Gasteiger partial charge on any atom is -0.321 e. The van der Waals surface area contributed by atoms with E-state index in [1.807, 2.05) is 34.3 Å². The molecule has 1 aliphatic heterocycles. The number of rotatable bonds is 3. The molecule has 3 aromatic rings. The van der Waals surface area contributed by atoms with E-state index in [1.165, 1.54) is 15.3 Å². The molecule has 0 spiro atoms. The van der Waals surface area contributed by atoms with Gasteiger partial charge in [-0.1, -0.05) is 17.7 Å². The van der Waals surface area contributed by atoms with Crippen molar-refractivity contribution in [3.8, 4) is 0 Å². The Labute approximate surface area is 142 Å². The van der Waals surface area contributed by atoms with Gasteiger partial charge in [-0.3, -0.25) is 4.90 Å². The summed E-state index contributed by atoms with van der Waals surface area (Å²) in [5.41, 5.74) is 1.46. The maximum absolute atomic E-state index is 6.13. The molecule has 22 heavy (non-hydrogen) atoms. The van der Waals surface area contributed by atoms with Crippen LogP contribution in [0.25, 0.3) is 0 Å². The Morgan fingerprint density at radius 2 is 2.23 bits per heavy atom. The third kappa shape index (κ3) is 2.42. The lowest BCUT2D eigenvalue weighted by molar-refractivity contribution is 0.202. The van der Waals surface area contributed by atoms with Crippen molar-refractivity contribution in [3.05, 3.63) is 61.5 Å². The first kappa shape index (κ1) is 14.5. The van der Waals surface area contributed by atoms with E-state index >= 15 is 0 Å². The monoisotopic (exact) mass is 349 g/mol. The van der Waals surface area contributed by atoms with Gasteiger partial charge < -0.3 is 4.57 Å². The van der Waals surface area contributed by atoms with E-state index in [2.05, 4.69) is 38.8 Å². The first-order valence-electron chi connectivity index (χ1n) is 7.24. The first-order chi connectivity index (χ1) is 10.7. The topological polar surface area (TPSA) is 21.1 Å². The third-order valence-corrected chi connectivity index (χ3v) is 6.52. The first-order valence-corrected chi connectivity index (χ1v) is 9.37. The zero-order valence-electron chi connectivity index (χ0n) is 12.2. The van der Waals surface area contributed by atoms with Crippen LogP contribution in [-0.2, 0) is 20.0 Å². The number of nitrogens with zero attached hydrogens (tertiary/aromatic N) is 3. The number of hydrogen-bond donors (Lipinski definition) is 0. The van der Waals surface area contributed by atoms with Crippen molar-refractivity contribution in [2.24, 2.45) is 7.05 Å². The molecule has 0 N–H and O–H groups in total. The molecule has 114 valence electrons. The molecule has 0 saturated carbocycles. The summed E-state index contributed by atoms with van der Waals surface area (Å²) in [6.07, 6.45) is 2.85. The highest BCUT2D eigenvalue weighted by molar-refractivity contribution is 7.10. The van der Waals surface area contributed by atoms with Crippen molar-refractivity contribution in [2.75, 3.05) is 6.54 Å². The van der Waals surface area contributed by atoms with Gasteiger partial charge in [-0.05, 0) is 34.9 Å². The Morgan fingerprint density at radius 1 is 1.32 bits per heavy atom. The molecule has 0 amide bonds. The van der Waals surface area contributed by atoms with E-state index in [1.54, 1.807) is 6.20 Å². The minimum absolute atomic E-state index is 0.338. The summed E-state index contributed by atoms with van der Waals surface area (Å²) < 4.78 is 1.97. The highest BCUT2D eigenvalue weighted by atomic mass is 35.5. The fourth-order valence-electron chi connectivity index (χ4n) is 3.07. The zero-order valence-corrected chi connectivity index (χ0v) is 14.6. The van der Waals surface area contributed by atoms with Gasteiger partial charge in [0.2, 0.25) is 0 Å². The van der Waals surface area contributed by atoms with Crippen LogP contribution in [0.4, 0.5) is 0 Å². The Morgan fingerprint density at radius 3 is 2.95 bits per heavy atom. The average molecular weight is 350 g/mol. The Kier molecular flexibility index (Phi) is 3.82. The lowest BCUT2D eigenvalue weighted by Crippen LogP contribution is -2.35. The van der Waals surface area contributed by atoms with Crippen LogP contribution in [0.3, 0.4) is 0 Å². The molecule has 0 bridgehead atoms. The second-order valence-electron chi connectivity index (χ2n) is 5.49. The number of aromatic nitrogens is 2. The normalized spacial score (nSPS) is 18.5. The fourth-order valence-corrected chi connectivity index (χ4v) is 5.00. The molecule has 4 heterocycles. The van der Waals surface area contributed by atoms with Gasteiger partial charge in [-0.2, -0.15) is 0 Å². The van der Waals surface area contributed by atoms with E-state index < -0.39 is 0 Å². The van der Waals surface area contributed by atoms with E-state index in [4.69, 9.17) is 11.6 Å². The smallest absolute Gasteiger partial charge is 0.128 e. The summed E-state index contributed by atoms with van der Waals surface area (Å²) in [6, 6.07) is 6.99. The standard InChI is InChI=1S/C16H16ClN3S2/c1-19-14(17)9-18-15(19)10-20-6-4-12-11(5-8-22-12)16(20)13-3-2-7-21-13/h2-3,5,7-9,16H,4,6,10H2,1H3.